The van der Waals surface area contributed by atoms with Gasteiger partial charge in [0.15, 0.2) is 0 Å². The number of carboxylic acids is 1. The Bertz CT molecular complexity index is 500. The van der Waals surface area contributed by atoms with Gasteiger partial charge in [-0.25, -0.2) is 0 Å². The Hall–Kier alpha value is -1.84. The third-order valence-corrected chi connectivity index (χ3v) is 4.26. The first-order valence-electron chi connectivity index (χ1n) is 7.56. The third-order valence-electron chi connectivity index (χ3n) is 4.26. The molecule has 21 heavy (non-hydrogen) atoms. The molecule has 1 aromatic rings. The average molecular weight is 289 g/mol. The molecule has 1 saturated heterocycles. The summed E-state index contributed by atoms with van der Waals surface area (Å²) in [6.45, 7) is 2.76. The van der Waals surface area contributed by atoms with Crippen molar-refractivity contribution in [1.29, 1.82) is 0 Å². The maximum Gasteiger partial charge on any atom is 0.311 e. The molecule has 4 heteroatoms. The number of carbonyl (C=O) groups is 2. The summed E-state index contributed by atoms with van der Waals surface area (Å²) in [6, 6.07) is 10.1. The number of aliphatic carboxylic acids is 1. The van der Waals surface area contributed by atoms with E-state index in [0.29, 0.717) is 25.9 Å². The number of hydrogen-bond acceptors (Lipinski definition) is 2. The molecule has 1 unspecified atom stereocenters. The Morgan fingerprint density at radius 2 is 2.00 bits per heavy atom. The minimum Gasteiger partial charge on any atom is -0.481 e. The highest BCUT2D eigenvalue weighted by molar-refractivity contribution is 5.79. The van der Waals surface area contributed by atoms with E-state index in [2.05, 4.69) is 12.1 Å². The number of amides is 1. The maximum atomic E-state index is 12.2. The van der Waals surface area contributed by atoms with Crippen molar-refractivity contribution in [2.75, 3.05) is 13.1 Å². The largest absolute Gasteiger partial charge is 0.481 e. The van der Waals surface area contributed by atoms with Gasteiger partial charge in [0.05, 0.1) is 5.41 Å². The second kappa shape index (κ2) is 6.74. The standard InChI is InChI=1S/C17H23NO3/c1-17(16(20)21)11-6-12-18(13-17)15(19)10-5-9-14-7-3-2-4-8-14/h2-4,7-8H,5-6,9-13H2,1H3,(H,20,21). The predicted octanol–water partition coefficient (Wildman–Crippen LogP) is 2.72. The lowest BCUT2D eigenvalue weighted by Crippen LogP contribution is -2.48. The summed E-state index contributed by atoms with van der Waals surface area (Å²) in [5.41, 5.74) is 0.451. The van der Waals surface area contributed by atoms with Crippen molar-refractivity contribution in [2.24, 2.45) is 5.41 Å². The van der Waals surface area contributed by atoms with Crippen LogP contribution in [0.25, 0.3) is 0 Å². The van der Waals surface area contributed by atoms with Crippen molar-refractivity contribution in [2.45, 2.75) is 39.0 Å². The average Bonchev–Trinajstić information content (AvgIpc) is 2.48. The van der Waals surface area contributed by atoms with E-state index in [1.807, 2.05) is 18.2 Å². The number of nitrogens with zero attached hydrogens (tertiary/aromatic N) is 1. The molecule has 0 saturated carbocycles. The van der Waals surface area contributed by atoms with Crippen LogP contribution in [0.15, 0.2) is 30.3 Å². The molecule has 0 aliphatic carbocycles. The van der Waals surface area contributed by atoms with Gasteiger partial charge in [0, 0.05) is 19.5 Å². The normalized spacial score (nSPS) is 22.0. The van der Waals surface area contributed by atoms with E-state index in [9.17, 15) is 14.7 Å². The van der Waals surface area contributed by atoms with Gasteiger partial charge in [-0.15, -0.1) is 0 Å². The van der Waals surface area contributed by atoms with Crippen molar-refractivity contribution in [1.82, 2.24) is 4.90 Å². The van der Waals surface area contributed by atoms with Crippen molar-refractivity contribution in [3.05, 3.63) is 35.9 Å². The van der Waals surface area contributed by atoms with Gasteiger partial charge in [0.2, 0.25) is 5.91 Å². The molecule has 1 aromatic carbocycles. The lowest BCUT2D eigenvalue weighted by molar-refractivity contribution is -0.153. The lowest BCUT2D eigenvalue weighted by Gasteiger charge is -2.37. The molecular weight excluding hydrogens is 266 g/mol. The first-order chi connectivity index (χ1) is 10.0. The summed E-state index contributed by atoms with van der Waals surface area (Å²) in [4.78, 5) is 25.3. The van der Waals surface area contributed by atoms with Gasteiger partial charge >= 0.3 is 5.97 Å². The molecular formula is C17H23NO3. The SMILES string of the molecule is CC1(C(=O)O)CCCN(C(=O)CCCc2ccccc2)C1. The molecule has 4 nitrogen and oxygen atoms in total. The van der Waals surface area contributed by atoms with E-state index in [0.717, 1.165) is 19.3 Å². The van der Waals surface area contributed by atoms with Gasteiger partial charge in [-0.05, 0) is 38.2 Å². The first kappa shape index (κ1) is 15.5. The first-order valence-corrected chi connectivity index (χ1v) is 7.56. The monoisotopic (exact) mass is 289 g/mol. The molecule has 2 rings (SSSR count). The molecule has 1 fully saturated rings. The van der Waals surface area contributed by atoms with Crippen LogP contribution in [-0.2, 0) is 16.0 Å². The Balaban J connectivity index is 1.82. The van der Waals surface area contributed by atoms with Gasteiger partial charge in [0.1, 0.15) is 0 Å². The van der Waals surface area contributed by atoms with E-state index in [1.165, 1.54) is 5.56 Å². The van der Waals surface area contributed by atoms with Crippen LogP contribution < -0.4 is 0 Å². The summed E-state index contributed by atoms with van der Waals surface area (Å²) in [5, 5.41) is 9.28. The van der Waals surface area contributed by atoms with E-state index >= 15 is 0 Å². The van der Waals surface area contributed by atoms with Gasteiger partial charge in [-0.3, -0.25) is 9.59 Å². The zero-order valence-corrected chi connectivity index (χ0v) is 12.5. The molecule has 0 aromatic heterocycles. The number of piperidine rings is 1. The fourth-order valence-electron chi connectivity index (χ4n) is 2.87. The summed E-state index contributed by atoms with van der Waals surface area (Å²) in [7, 11) is 0. The summed E-state index contributed by atoms with van der Waals surface area (Å²) in [5.74, 6) is -0.720. The molecule has 114 valence electrons. The lowest BCUT2D eigenvalue weighted by atomic mass is 9.82. The molecule has 1 atom stereocenters. The van der Waals surface area contributed by atoms with Gasteiger partial charge in [-0.1, -0.05) is 30.3 Å². The zero-order valence-electron chi connectivity index (χ0n) is 12.5. The quantitative estimate of drug-likeness (QED) is 0.906. The highest BCUT2D eigenvalue weighted by Crippen LogP contribution is 2.30. The van der Waals surface area contributed by atoms with Crippen LogP contribution >= 0.6 is 0 Å². The summed E-state index contributed by atoms with van der Waals surface area (Å²) < 4.78 is 0. The van der Waals surface area contributed by atoms with Crippen LogP contribution in [0.3, 0.4) is 0 Å². The van der Waals surface area contributed by atoms with Crippen LogP contribution in [-0.4, -0.2) is 35.0 Å². The maximum absolute atomic E-state index is 12.2. The number of benzene rings is 1. The van der Waals surface area contributed by atoms with Crippen molar-refractivity contribution >= 4 is 11.9 Å². The minimum atomic E-state index is -0.802. The number of aryl methyl sites for hydroxylation is 1. The second-order valence-corrected chi connectivity index (χ2v) is 6.12. The van der Waals surface area contributed by atoms with Crippen molar-refractivity contribution in [3.8, 4) is 0 Å². The van der Waals surface area contributed by atoms with Gasteiger partial charge in [0.25, 0.3) is 0 Å². The molecule has 0 spiro atoms. The smallest absolute Gasteiger partial charge is 0.311 e. The molecule has 1 aliphatic rings. The van der Waals surface area contributed by atoms with Crippen LogP contribution in [0, 0.1) is 5.41 Å². The van der Waals surface area contributed by atoms with Crippen molar-refractivity contribution in [3.63, 3.8) is 0 Å². The molecule has 1 heterocycles. The Morgan fingerprint density at radius 3 is 2.67 bits per heavy atom. The topological polar surface area (TPSA) is 57.6 Å². The third kappa shape index (κ3) is 4.06. The predicted molar refractivity (Wildman–Crippen MR) is 80.9 cm³/mol. The highest BCUT2D eigenvalue weighted by atomic mass is 16.4. The summed E-state index contributed by atoms with van der Waals surface area (Å²) in [6.07, 6.45) is 3.60. The van der Waals surface area contributed by atoms with Gasteiger partial charge < -0.3 is 10.0 Å². The van der Waals surface area contributed by atoms with Crippen LogP contribution in [0.1, 0.15) is 38.2 Å². The Kier molecular flexibility index (Phi) is 4.99. The van der Waals surface area contributed by atoms with Gasteiger partial charge in [-0.2, -0.15) is 0 Å². The molecule has 1 amide bonds. The van der Waals surface area contributed by atoms with Crippen LogP contribution in [0.4, 0.5) is 0 Å². The van der Waals surface area contributed by atoms with E-state index in [4.69, 9.17) is 0 Å². The zero-order chi connectivity index (χ0) is 15.3. The Morgan fingerprint density at radius 1 is 1.29 bits per heavy atom. The van der Waals surface area contributed by atoms with Crippen LogP contribution in [0.2, 0.25) is 0 Å². The number of carbonyl (C=O) groups excluding carboxylic acids is 1. The summed E-state index contributed by atoms with van der Waals surface area (Å²) >= 11 is 0. The molecule has 0 bridgehead atoms. The highest BCUT2D eigenvalue weighted by Gasteiger charge is 2.39. The fraction of sp³-hybridized carbons (Fsp3) is 0.529. The van der Waals surface area contributed by atoms with E-state index in [1.54, 1.807) is 11.8 Å². The number of rotatable bonds is 5. The fourth-order valence-corrected chi connectivity index (χ4v) is 2.87. The van der Waals surface area contributed by atoms with E-state index < -0.39 is 11.4 Å². The number of carboxylic acid groups (broad SMARTS) is 1. The number of hydrogen-bond donors (Lipinski definition) is 1. The molecule has 1 aliphatic heterocycles. The molecule has 1 N–H and O–H groups in total. The number of likely N-dealkylation sites (tertiary alicyclic amines) is 1. The second-order valence-electron chi connectivity index (χ2n) is 6.12. The molecule has 0 radical (unpaired) electrons. The Labute approximate surface area is 125 Å². The van der Waals surface area contributed by atoms with Crippen LogP contribution in [0.5, 0.6) is 0 Å². The van der Waals surface area contributed by atoms with Crippen molar-refractivity contribution < 1.29 is 14.7 Å². The van der Waals surface area contributed by atoms with E-state index in [-0.39, 0.29) is 5.91 Å². The minimum absolute atomic E-state index is 0.0816.